The smallest absolute Gasteiger partial charge is 0.106 e. The van der Waals surface area contributed by atoms with Gasteiger partial charge in [-0.3, -0.25) is 0 Å². The van der Waals surface area contributed by atoms with E-state index in [4.69, 9.17) is 27.6 Å². The summed E-state index contributed by atoms with van der Waals surface area (Å²) >= 11 is 12.5. The summed E-state index contributed by atoms with van der Waals surface area (Å²) in [4.78, 5) is 0. The van der Waals surface area contributed by atoms with Crippen molar-refractivity contribution in [2.24, 2.45) is 0 Å². The third-order valence-electron chi connectivity index (χ3n) is 3.28. The van der Waals surface area contributed by atoms with Crippen molar-refractivity contribution in [2.45, 2.75) is 33.2 Å². The minimum atomic E-state index is -0.00130. The van der Waals surface area contributed by atoms with E-state index >= 15 is 0 Å². The second-order valence-electron chi connectivity index (χ2n) is 4.90. The fourth-order valence-corrected chi connectivity index (χ4v) is 2.77. The highest BCUT2D eigenvalue weighted by atomic mass is 35.5. The Morgan fingerprint density at radius 3 is 2.55 bits per heavy atom. The summed E-state index contributed by atoms with van der Waals surface area (Å²) in [5.74, 6) is 1.81. The Morgan fingerprint density at radius 1 is 1.20 bits per heavy atom. The lowest BCUT2D eigenvalue weighted by atomic mass is 9.98. The zero-order valence-electron chi connectivity index (χ0n) is 12.0. The van der Waals surface area contributed by atoms with Gasteiger partial charge in [0, 0.05) is 5.56 Å². The van der Waals surface area contributed by atoms with E-state index in [1.807, 2.05) is 26.0 Å². The minimum Gasteiger partial charge on any atom is -0.466 e. The van der Waals surface area contributed by atoms with Gasteiger partial charge in [-0.25, -0.2) is 0 Å². The summed E-state index contributed by atoms with van der Waals surface area (Å²) in [6.45, 7) is 6.96. The van der Waals surface area contributed by atoms with Gasteiger partial charge in [0.1, 0.15) is 11.5 Å². The molecule has 0 bridgehead atoms. The molecule has 0 saturated carbocycles. The average Bonchev–Trinajstić information content (AvgIpc) is 2.74. The molecule has 1 unspecified atom stereocenters. The molecular weight excluding hydrogens is 293 g/mol. The van der Waals surface area contributed by atoms with Gasteiger partial charge in [0.2, 0.25) is 0 Å². The summed E-state index contributed by atoms with van der Waals surface area (Å²) in [5, 5.41) is 4.69. The van der Waals surface area contributed by atoms with Crippen LogP contribution in [-0.4, -0.2) is 6.54 Å². The molecule has 0 fully saturated rings. The lowest BCUT2D eigenvalue weighted by molar-refractivity contribution is 0.493. The highest BCUT2D eigenvalue weighted by Crippen LogP contribution is 2.35. The van der Waals surface area contributed by atoms with E-state index in [-0.39, 0.29) is 6.04 Å². The Kier molecular flexibility index (Phi) is 5.14. The fraction of sp³-hybridized carbons (Fsp3) is 0.375. The van der Waals surface area contributed by atoms with Gasteiger partial charge in [-0.2, -0.15) is 0 Å². The molecule has 1 N–H and O–H groups in total. The molecule has 1 aromatic carbocycles. The van der Waals surface area contributed by atoms with Crippen LogP contribution < -0.4 is 5.32 Å². The van der Waals surface area contributed by atoms with Crippen molar-refractivity contribution in [1.29, 1.82) is 0 Å². The van der Waals surface area contributed by atoms with Crippen LogP contribution in [0.2, 0.25) is 10.0 Å². The summed E-state index contributed by atoms with van der Waals surface area (Å²) in [5.41, 5.74) is 2.09. The van der Waals surface area contributed by atoms with Crippen LogP contribution >= 0.6 is 23.2 Å². The first-order valence-electron chi connectivity index (χ1n) is 6.78. The Labute approximate surface area is 130 Å². The fourth-order valence-electron chi connectivity index (χ4n) is 2.36. The Morgan fingerprint density at radius 2 is 1.95 bits per heavy atom. The van der Waals surface area contributed by atoms with E-state index < -0.39 is 0 Å². The number of hydrogen-bond donors (Lipinski definition) is 1. The molecule has 0 aliphatic rings. The minimum absolute atomic E-state index is 0.00130. The maximum atomic E-state index is 6.37. The van der Waals surface area contributed by atoms with Gasteiger partial charge in [-0.05, 0) is 44.5 Å². The van der Waals surface area contributed by atoms with E-state index in [1.54, 1.807) is 6.07 Å². The zero-order chi connectivity index (χ0) is 14.7. The van der Waals surface area contributed by atoms with E-state index in [1.165, 1.54) is 0 Å². The highest BCUT2D eigenvalue weighted by molar-refractivity contribution is 6.42. The van der Waals surface area contributed by atoms with Gasteiger partial charge < -0.3 is 9.73 Å². The van der Waals surface area contributed by atoms with Crippen LogP contribution in [-0.2, 0) is 0 Å². The molecule has 0 saturated heterocycles. The van der Waals surface area contributed by atoms with Gasteiger partial charge in [0.25, 0.3) is 0 Å². The molecule has 1 aromatic heterocycles. The second-order valence-corrected chi connectivity index (χ2v) is 5.68. The second kappa shape index (κ2) is 6.66. The van der Waals surface area contributed by atoms with Crippen molar-refractivity contribution in [3.05, 3.63) is 57.0 Å². The van der Waals surface area contributed by atoms with Crippen molar-refractivity contribution < 1.29 is 4.42 Å². The largest absolute Gasteiger partial charge is 0.466 e. The molecule has 0 radical (unpaired) electrons. The Hall–Kier alpha value is -0.960. The van der Waals surface area contributed by atoms with Gasteiger partial charge in [-0.1, -0.05) is 42.3 Å². The lowest BCUT2D eigenvalue weighted by Gasteiger charge is -2.20. The molecule has 108 valence electrons. The van der Waals surface area contributed by atoms with Crippen molar-refractivity contribution >= 4 is 23.2 Å². The lowest BCUT2D eigenvalue weighted by Crippen LogP contribution is -2.23. The number of hydrogen-bond acceptors (Lipinski definition) is 2. The van der Waals surface area contributed by atoms with Gasteiger partial charge in [-0.15, -0.1) is 0 Å². The molecule has 1 atom stereocenters. The average molecular weight is 312 g/mol. The molecule has 2 aromatic rings. The van der Waals surface area contributed by atoms with Gasteiger partial charge in [0.15, 0.2) is 0 Å². The van der Waals surface area contributed by atoms with Gasteiger partial charge >= 0.3 is 0 Å². The van der Waals surface area contributed by atoms with E-state index in [0.29, 0.717) is 10.0 Å². The third-order valence-corrected chi connectivity index (χ3v) is 4.11. The molecule has 0 spiro atoms. The summed E-state index contributed by atoms with van der Waals surface area (Å²) in [6, 6.07) is 7.78. The standard InChI is InChI=1S/C16H19Cl2NO/c1-4-8-19-16(13-9-10(2)20-11(13)3)12-6-5-7-14(17)15(12)18/h5-7,9,16,19H,4,8H2,1-3H3. The van der Waals surface area contributed by atoms with Crippen LogP contribution in [0.3, 0.4) is 0 Å². The van der Waals surface area contributed by atoms with Crippen LogP contribution in [0.15, 0.2) is 28.7 Å². The normalized spacial score (nSPS) is 12.7. The molecule has 2 nitrogen and oxygen atoms in total. The van der Waals surface area contributed by atoms with E-state index in [0.717, 1.165) is 35.6 Å². The predicted molar refractivity (Wildman–Crippen MR) is 84.8 cm³/mol. The van der Waals surface area contributed by atoms with Crippen molar-refractivity contribution in [2.75, 3.05) is 6.54 Å². The number of nitrogens with one attached hydrogen (secondary N) is 1. The molecular formula is C16H19Cl2NO. The number of furan rings is 1. The zero-order valence-corrected chi connectivity index (χ0v) is 13.5. The first-order chi connectivity index (χ1) is 9.54. The molecule has 0 amide bonds. The molecule has 2 rings (SSSR count). The molecule has 4 heteroatoms. The van der Waals surface area contributed by atoms with E-state index in [2.05, 4.69) is 18.3 Å². The van der Waals surface area contributed by atoms with Crippen molar-refractivity contribution in [3.63, 3.8) is 0 Å². The summed E-state index contributed by atoms with van der Waals surface area (Å²) in [6.07, 6.45) is 1.05. The monoisotopic (exact) mass is 311 g/mol. The first kappa shape index (κ1) is 15.4. The van der Waals surface area contributed by atoms with Crippen LogP contribution in [0.25, 0.3) is 0 Å². The third kappa shape index (κ3) is 3.20. The van der Waals surface area contributed by atoms with Crippen molar-refractivity contribution in [1.82, 2.24) is 5.32 Å². The number of halogens is 2. The quantitative estimate of drug-likeness (QED) is 0.811. The Balaban J connectivity index is 2.47. The maximum Gasteiger partial charge on any atom is 0.106 e. The molecule has 0 aliphatic carbocycles. The Bertz CT molecular complexity index is 592. The summed E-state index contributed by atoms with van der Waals surface area (Å²) < 4.78 is 5.65. The number of benzene rings is 1. The maximum absolute atomic E-state index is 6.37. The van der Waals surface area contributed by atoms with E-state index in [9.17, 15) is 0 Å². The van der Waals surface area contributed by atoms with Crippen LogP contribution in [0.5, 0.6) is 0 Å². The topological polar surface area (TPSA) is 25.2 Å². The highest BCUT2D eigenvalue weighted by Gasteiger charge is 2.21. The SMILES string of the molecule is CCCNC(c1cc(C)oc1C)c1cccc(Cl)c1Cl. The molecule has 1 heterocycles. The number of rotatable bonds is 5. The summed E-state index contributed by atoms with van der Waals surface area (Å²) in [7, 11) is 0. The predicted octanol–water partition coefficient (Wildman–Crippen LogP) is 5.29. The van der Waals surface area contributed by atoms with Crippen LogP contribution in [0.1, 0.15) is 42.0 Å². The first-order valence-corrected chi connectivity index (χ1v) is 7.54. The number of aryl methyl sites for hydroxylation is 2. The molecule has 0 aliphatic heterocycles. The van der Waals surface area contributed by atoms with Gasteiger partial charge in [0.05, 0.1) is 16.1 Å². The van der Waals surface area contributed by atoms with Crippen LogP contribution in [0.4, 0.5) is 0 Å². The van der Waals surface area contributed by atoms with Crippen LogP contribution in [0, 0.1) is 13.8 Å². The molecule has 20 heavy (non-hydrogen) atoms. The van der Waals surface area contributed by atoms with Crippen molar-refractivity contribution in [3.8, 4) is 0 Å².